The van der Waals surface area contributed by atoms with Crippen LogP contribution in [0.1, 0.15) is 20.3 Å². The van der Waals surface area contributed by atoms with Gasteiger partial charge in [0.25, 0.3) is 0 Å². The predicted molar refractivity (Wildman–Crippen MR) is 88.8 cm³/mol. The van der Waals surface area contributed by atoms with Gasteiger partial charge < -0.3 is 5.32 Å². The zero-order valence-corrected chi connectivity index (χ0v) is 15.6. The molecular formula is C13H20BrNO4S2. The van der Waals surface area contributed by atoms with E-state index in [9.17, 15) is 16.8 Å². The van der Waals surface area contributed by atoms with E-state index in [1.165, 1.54) is 18.2 Å². The Balaban J connectivity index is 3.28. The first-order valence-electron chi connectivity index (χ1n) is 6.36. The second-order valence-electron chi connectivity index (χ2n) is 5.26. The highest BCUT2D eigenvalue weighted by Crippen LogP contribution is 2.26. The van der Waals surface area contributed by atoms with E-state index in [4.69, 9.17) is 0 Å². The van der Waals surface area contributed by atoms with E-state index in [-0.39, 0.29) is 20.7 Å². The molecule has 2 atom stereocenters. The Hall–Kier alpha value is -0.600. The van der Waals surface area contributed by atoms with Crippen LogP contribution in [0.4, 0.5) is 5.69 Å². The number of nitrogens with one attached hydrogen (secondary N) is 1. The normalized spacial score (nSPS) is 15.5. The molecule has 1 N–H and O–H groups in total. The number of rotatable bonds is 6. The summed E-state index contributed by atoms with van der Waals surface area (Å²) in [4.78, 5) is 0.284. The zero-order chi connectivity index (χ0) is 16.4. The average Bonchev–Trinajstić information content (AvgIpc) is 2.24. The van der Waals surface area contributed by atoms with Crippen molar-refractivity contribution in [1.29, 1.82) is 0 Å². The zero-order valence-electron chi connectivity index (χ0n) is 12.4. The molecule has 0 amide bonds. The maximum absolute atomic E-state index is 11.9. The molecule has 120 valence electrons. The second kappa shape index (κ2) is 6.66. The van der Waals surface area contributed by atoms with Crippen LogP contribution in [0.15, 0.2) is 28.0 Å². The molecule has 0 radical (unpaired) electrons. The lowest BCUT2D eigenvalue weighted by atomic mass is 10.2. The van der Waals surface area contributed by atoms with Crippen LogP contribution < -0.4 is 5.32 Å². The minimum absolute atomic E-state index is 0.000462. The van der Waals surface area contributed by atoms with Crippen molar-refractivity contribution in [3.8, 4) is 0 Å². The minimum Gasteiger partial charge on any atom is -0.381 e. The molecule has 0 fully saturated rings. The number of halogens is 1. The van der Waals surface area contributed by atoms with Crippen molar-refractivity contribution in [2.24, 2.45) is 0 Å². The Labute approximate surface area is 135 Å². The van der Waals surface area contributed by atoms with Crippen LogP contribution in [0, 0.1) is 0 Å². The summed E-state index contributed by atoms with van der Waals surface area (Å²) in [6.45, 7) is 3.94. The highest BCUT2D eigenvalue weighted by atomic mass is 79.9. The van der Waals surface area contributed by atoms with E-state index in [0.29, 0.717) is 5.69 Å². The molecule has 0 aliphatic carbocycles. The summed E-state index contributed by atoms with van der Waals surface area (Å²) < 4.78 is 46.9. The maximum Gasteiger partial charge on any atom is 0.177 e. The van der Waals surface area contributed by atoms with Crippen molar-refractivity contribution in [2.45, 2.75) is 40.9 Å². The van der Waals surface area contributed by atoms with Gasteiger partial charge in [-0.05, 0) is 31.5 Å². The molecule has 0 bridgehead atoms. The summed E-state index contributed by atoms with van der Waals surface area (Å²) >= 11 is 3.45. The predicted octanol–water partition coefficient (Wildman–Crippen LogP) is 2.47. The molecule has 0 aliphatic rings. The van der Waals surface area contributed by atoms with Gasteiger partial charge in [0.15, 0.2) is 19.7 Å². The number of sulfone groups is 2. The molecule has 0 saturated carbocycles. The fourth-order valence-corrected chi connectivity index (χ4v) is 4.12. The first-order chi connectivity index (χ1) is 9.41. The van der Waals surface area contributed by atoms with Gasteiger partial charge in [0, 0.05) is 23.4 Å². The number of benzene rings is 1. The van der Waals surface area contributed by atoms with E-state index < -0.39 is 19.7 Å². The Bertz CT molecular complexity index is 712. The molecule has 0 aliphatic heterocycles. The topological polar surface area (TPSA) is 80.3 Å². The molecule has 5 nitrogen and oxygen atoms in total. The molecule has 1 aromatic rings. The van der Waals surface area contributed by atoms with Gasteiger partial charge in [0.05, 0.1) is 15.5 Å². The van der Waals surface area contributed by atoms with Crippen LogP contribution in [0.3, 0.4) is 0 Å². The van der Waals surface area contributed by atoms with Crippen molar-refractivity contribution in [2.75, 3.05) is 17.8 Å². The third kappa shape index (κ3) is 5.60. The molecule has 1 rings (SSSR count). The van der Waals surface area contributed by atoms with E-state index >= 15 is 0 Å². The quantitative estimate of drug-likeness (QED) is 0.745. The lowest BCUT2D eigenvalue weighted by molar-refractivity contribution is 0.600. The summed E-state index contributed by atoms with van der Waals surface area (Å²) in [5, 5.41) is 3.12. The molecule has 1 aromatic carbocycles. The highest BCUT2D eigenvalue weighted by molar-refractivity contribution is 9.09. The molecule has 0 heterocycles. The molecule has 8 heteroatoms. The lowest BCUT2D eigenvalue weighted by Crippen LogP contribution is -2.20. The van der Waals surface area contributed by atoms with Crippen LogP contribution >= 0.6 is 15.9 Å². The summed E-state index contributed by atoms with van der Waals surface area (Å²) in [5.74, 6) is 0. The number of hydrogen-bond donors (Lipinski definition) is 1. The van der Waals surface area contributed by atoms with E-state index in [1.807, 2.05) is 13.8 Å². The monoisotopic (exact) mass is 397 g/mol. The number of hydrogen-bond acceptors (Lipinski definition) is 5. The van der Waals surface area contributed by atoms with Crippen molar-refractivity contribution in [3.63, 3.8) is 0 Å². The smallest absolute Gasteiger partial charge is 0.177 e. The fraction of sp³-hybridized carbons (Fsp3) is 0.538. The lowest BCUT2D eigenvalue weighted by Gasteiger charge is -2.19. The molecule has 0 saturated heterocycles. The van der Waals surface area contributed by atoms with Crippen molar-refractivity contribution < 1.29 is 16.8 Å². The first kappa shape index (κ1) is 18.4. The van der Waals surface area contributed by atoms with Gasteiger partial charge in [-0.3, -0.25) is 0 Å². The Kier molecular flexibility index (Phi) is 5.85. The molecule has 21 heavy (non-hydrogen) atoms. The van der Waals surface area contributed by atoms with Crippen LogP contribution in [0.5, 0.6) is 0 Å². The van der Waals surface area contributed by atoms with E-state index in [2.05, 4.69) is 21.2 Å². The second-order valence-corrected chi connectivity index (χ2v) is 10.8. The Morgan fingerprint density at radius 3 is 2.10 bits per heavy atom. The molecule has 2 unspecified atom stereocenters. The van der Waals surface area contributed by atoms with Crippen molar-refractivity contribution in [1.82, 2.24) is 0 Å². The van der Waals surface area contributed by atoms with Gasteiger partial charge in [-0.1, -0.05) is 22.9 Å². The SMILES string of the molecule is CC(Br)CC(C)Nc1ccc(S(C)(=O)=O)cc1S(C)(=O)=O. The van der Waals surface area contributed by atoms with Gasteiger partial charge in [-0.2, -0.15) is 0 Å². The largest absolute Gasteiger partial charge is 0.381 e. The van der Waals surface area contributed by atoms with Crippen molar-refractivity contribution in [3.05, 3.63) is 18.2 Å². The summed E-state index contributed by atoms with van der Waals surface area (Å²) in [7, 11) is -6.98. The van der Waals surface area contributed by atoms with Gasteiger partial charge in [0.1, 0.15) is 0 Å². The molecule has 0 spiro atoms. The highest BCUT2D eigenvalue weighted by Gasteiger charge is 2.19. The Morgan fingerprint density at radius 1 is 1.10 bits per heavy atom. The minimum atomic E-state index is -3.53. The Morgan fingerprint density at radius 2 is 1.67 bits per heavy atom. The third-order valence-corrected chi connectivity index (χ3v) is 5.48. The summed E-state index contributed by atoms with van der Waals surface area (Å²) in [6, 6.07) is 4.17. The summed E-state index contributed by atoms with van der Waals surface area (Å²) in [6.07, 6.45) is 2.92. The van der Waals surface area contributed by atoms with Crippen LogP contribution in [0.25, 0.3) is 0 Å². The van der Waals surface area contributed by atoms with E-state index in [0.717, 1.165) is 18.9 Å². The third-order valence-electron chi connectivity index (χ3n) is 2.86. The maximum atomic E-state index is 11.9. The van der Waals surface area contributed by atoms with Gasteiger partial charge in [-0.25, -0.2) is 16.8 Å². The number of anilines is 1. The van der Waals surface area contributed by atoms with Crippen molar-refractivity contribution >= 4 is 41.3 Å². The first-order valence-corrected chi connectivity index (χ1v) is 11.1. The molecule has 0 aromatic heterocycles. The standard InChI is InChI=1S/C13H20BrNO4S2/c1-9(14)7-10(2)15-12-6-5-11(20(3,16)17)8-13(12)21(4,18)19/h5-6,8-10,15H,7H2,1-4H3. The van der Waals surface area contributed by atoms with Crippen LogP contribution in [-0.4, -0.2) is 40.2 Å². The van der Waals surface area contributed by atoms with Crippen LogP contribution in [-0.2, 0) is 19.7 Å². The number of alkyl halides is 1. The fourth-order valence-electron chi connectivity index (χ4n) is 1.97. The van der Waals surface area contributed by atoms with Crippen LogP contribution in [0.2, 0.25) is 0 Å². The van der Waals surface area contributed by atoms with E-state index in [1.54, 1.807) is 0 Å². The molecular weight excluding hydrogens is 378 g/mol. The average molecular weight is 398 g/mol. The van der Waals surface area contributed by atoms with Gasteiger partial charge >= 0.3 is 0 Å². The van der Waals surface area contributed by atoms with Gasteiger partial charge in [-0.15, -0.1) is 0 Å². The summed E-state index contributed by atoms with van der Waals surface area (Å²) in [5.41, 5.74) is 0.422. The van der Waals surface area contributed by atoms with Gasteiger partial charge in [0.2, 0.25) is 0 Å².